The molecule has 0 aliphatic carbocycles. The van der Waals surface area contributed by atoms with Gasteiger partial charge in [-0.05, 0) is 31.9 Å². The minimum Gasteiger partial charge on any atom is -0.491 e. The predicted molar refractivity (Wildman–Crippen MR) is 54.9 cm³/mol. The third-order valence-corrected chi connectivity index (χ3v) is 1.98. The van der Waals surface area contributed by atoms with Crippen LogP contribution in [0.25, 0.3) is 0 Å². The number of methoxy groups -OCH3 is 1. The highest BCUT2D eigenvalue weighted by Gasteiger charge is 2.19. The van der Waals surface area contributed by atoms with Crippen LogP contribution in [0.2, 0.25) is 0 Å². The van der Waals surface area contributed by atoms with Gasteiger partial charge >= 0.3 is 0 Å². The van der Waals surface area contributed by atoms with Gasteiger partial charge in [0.2, 0.25) is 0 Å². The van der Waals surface area contributed by atoms with E-state index in [1.165, 1.54) is 19.2 Å². The second-order valence-electron chi connectivity index (χ2n) is 4.22. The third kappa shape index (κ3) is 2.89. The number of ether oxygens (including phenoxy) is 1. The molecule has 0 saturated heterocycles. The summed E-state index contributed by atoms with van der Waals surface area (Å²) in [5.41, 5.74) is 5.59. The summed E-state index contributed by atoms with van der Waals surface area (Å²) < 4.78 is 31.4. The maximum absolute atomic E-state index is 13.6. The van der Waals surface area contributed by atoms with Gasteiger partial charge in [-0.15, -0.1) is 0 Å². The number of rotatable bonds is 3. The first kappa shape index (κ1) is 11.9. The van der Waals surface area contributed by atoms with Crippen molar-refractivity contribution in [3.8, 4) is 5.75 Å². The second-order valence-corrected chi connectivity index (χ2v) is 4.22. The lowest BCUT2D eigenvalue weighted by Gasteiger charge is -2.19. The Kier molecular flexibility index (Phi) is 3.29. The molecular formula is C11H15F2NO. The van der Waals surface area contributed by atoms with Crippen molar-refractivity contribution < 1.29 is 13.5 Å². The SMILES string of the molecule is COc1c(F)ccc(CC(C)(C)N)c1F. The minimum atomic E-state index is -0.700. The summed E-state index contributed by atoms with van der Waals surface area (Å²) in [6.07, 6.45) is 0.329. The summed E-state index contributed by atoms with van der Waals surface area (Å²) >= 11 is 0. The van der Waals surface area contributed by atoms with Crippen LogP contribution >= 0.6 is 0 Å². The van der Waals surface area contributed by atoms with Gasteiger partial charge in [-0.2, -0.15) is 0 Å². The van der Waals surface area contributed by atoms with E-state index in [0.29, 0.717) is 12.0 Å². The quantitative estimate of drug-likeness (QED) is 0.839. The molecule has 15 heavy (non-hydrogen) atoms. The molecule has 0 aliphatic rings. The normalized spacial score (nSPS) is 11.6. The average Bonchev–Trinajstić information content (AvgIpc) is 2.09. The van der Waals surface area contributed by atoms with Crippen LogP contribution in [-0.2, 0) is 6.42 Å². The van der Waals surface area contributed by atoms with E-state index in [-0.39, 0.29) is 5.75 Å². The average molecular weight is 215 g/mol. The molecule has 0 heterocycles. The molecule has 0 unspecified atom stereocenters. The van der Waals surface area contributed by atoms with Crippen LogP contribution in [0, 0.1) is 11.6 Å². The largest absolute Gasteiger partial charge is 0.491 e. The van der Waals surface area contributed by atoms with E-state index in [2.05, 4.69) is 4.74 Å². The summed E-state index contributed by atoms with van der Waals surface area (Å²) in [5.74, 6) is -1.72. The zero-order valence-corrected chi connectivity index (χ0v) is 9.10. The van der Waals surface area contributed by atoms with E-state index in [1.54, 1.807) is 13.8 Å². The molecule has 0 aromatic heterocycles. The lowest BCUT2D eigenvalue weighted by atomic mass is 9.95. The Morgan fingerprint density at radius 3 is 2.40 bits per heavy atom. The standard InChI is InChI=1S/C11H15F2NO/c1-11(2,14)6-7-4-5-8(12)10(15-3)9(7)13/h4-5H,6,14H2,1-3H3. The molecule has 0 amide bonds. The number of hydrogen-bond acceptors (Lipinski definition) is 2. The van der Waals surface area contributed by atoms with Crippen molar-refractivity contribution in [3.05, 3.63) is 29.3 Å². The summed E-state index contributed by atoms with van der Waals surface area (Å²) in [6.45, 7) is 3.56. The van der Waals surface area contributed by atoms with Crippen molar-refractivity contribution in [3.63, 3.8) is 0 Å². The van der Waals surface area contributed by atoms with Gasteiger partial charge in [0, 0.05) is 5.54 Å². The lowest BCUT2D eigenvalue weighted by molar-refractivity contribution is 0.355. The molecule has 0 bridgehead atoms. The van der Waals surface area contributed by atoms with Gasteiger partial charge in [0.15, 0.2) is 17.4 Å². The Labute approximate surface area is 88.0 Å². The topological polar surface area (TPSA) is 35.2 Å². The van der Waals surface area contributed by atoms with Crippen molar-refractivity contribution in [2.75, 3.05) is 7.11 Å². The first-order valence-electron chi connectivity index (χ1n) is 4.65. The molecule has 0 atom stereocenters. The highest BCUT2D eigenvalue weighted by atomic mass is 19.1. The van der Waals surface area contributed by atoms with Gasteiger partial charge in [0.25, 0.3) is 0 Å². The number of hydrogen-bond donors (Lipinski definition) is 1. The van der Waals surface area contributed by atoms with Crippen LogP contribution < -0.4 is 10.5 Å². The third-order valence-electron chi connectivity index (χ3n) is 1.98. The molecule has 1 aromatic carbocycles. The second kappa shape index (κ2) is 4.14. The van der Waals surface area contributed by atoms with E-state index in [0.717, 1.165) is 0 Å². The van der Waals surface area contributed by atoms with Crippen LogP contribution in [0.4, 0.5) is 8.78 Å². The Balaban J connectivity index is 3.11. The van der Waals surface area contributed by atoms with Crippen LogP contribution in [0.15, 0.2) is 12.1 Å². The summed E-state index contributed by atoms with van der Waals surface area (Å²) in [6, 6.07) is 2.57. The number of nitrogens with two attached hydrogens (primary N) is 1. The van der Waals surface area contributed by atoms with Crippen LogP contribution in [0.3, 0.4) is 0 Å². The monoisotopic (exact) mass is 215 g/mol. The fraction of sp³-hybridized carbons (Fsp3) is 0.455. The van der Waals surface area contributed by atoms with Gasteiger partial charge in [-0.3, -0.25) is 0 Å². The van der Waals surface area contributed by atoms with Gasteiger partial charge in [-0.1, -0.05) is 6.07 Å². The van der Waals surface area contributed by atoms with Crippen LogP contribution in [-0.4, -0.2) is 12.6 Å². The first-order valence-corrected chi connectivity index (χ1v) is 4.65. The van der Waals surface area contributed by atoms with E-state index in [1.807, 2.05) is 0 Å². The number of halogens is 2. The molecule has 4 heteroatoms. The molecule has 0 fully saturated rings. The molecule has 0 spiro atoms. The Bertz CT molecular complexity index is 358. The Hall–Kier alpha value is -1.16. The van der Waals surface area contributed by atoms with Gasteiger partial charge in [-0.25, -0.2) is 8.78 Å². The zero-order valence-electron chi connectivity index (χ0n) is 9.10. The number of benzene rings is 1. The van der Waals surface area contributed by atoms with E-state index >= 15 is 0 Å². The lowest BCUT2D eigenvalue weighted by Crippen LogP contribution is -2.34. The fourth-order valence-electron chi connectivity index (χ4n) is 1.39. The van der Waals surface area contributed by atoms with E-state index in [9.17, 15) is 8.78 Å². The Morgan fingerprint density at radius 1 is 1.33 bits per heavy atom. The molecule has 84 valence electrons. The highest BCUT2D eigenvalue weighted by Crippen LogP contribution is 2.26. The molecule has 2 nitrogen and oxygen atoms in total. The van der Waals surface area contributed by atoms with Crippen molar-refractivity contribution in [1.82, 2.24) is 0 Å². The van der Waals surface area contributed by atoms with Gasteiger partial charge in [0.05, 0.1) is 7.11 Å². The first-order chi connectivity index (χ1) is 6.85. The molecule has 0 aliphatic heterocycles. The van der Waals surface area contributed by atoms with Crippen molar-refractivity contribution >= 4 is 0 Å². The highest BCUT2D eigenvalue weighted by molar-refractivity contribution is 5.33. The maximum Gasteiger partial charge on any atom is 0.190 e. The van der Waals surface area contributed by atoms with Crippen LogP contribution in [0.1, 0.15) is 19.4 Å². The van der Waals surface area contributed by atoms with Gasteiger partial charge < -0.3 is 10.5 Å². The summed E-state index contributed by atoms with van der Waals surface area (Å²) in [5, 5.41) is 0. The van der Waals surface area contributed by atoms with Crippen LogP contribution in [0.5, 0.6) is 5.75 Å². The predicted octanol–water partition coefficient (Wildman–Crippen LogP) is 2.25. The molecule has 2 N–H and O–H groups in total. The minimum absolute atomic E-state index is 0.329. The maximum atomic E-state index is 13.6. The Morgan fingerprint density at radius 2 is 1.93 bits per heavy atom. The van der Waals surface area contributed by atoms with Crippen molar-refractivity contribution in [2.45, 2.75) is 25.8 Å². The fourth-order valence-corrected chi connectivity index (χ4v) is 1.39. The van der Waals surface area contributed by atoms with Gasteiger partial charge in [0.1, 0.15) is 0 Å². The zero-order chi connectivity index (χ0) is 11.6. The van der Waals surface area contributed by atoms with E-state index in [4.69, 9.17) is 5.73 Å². The summed E-state index contributed by atoms with van der Waals surface area (Å²) in [7, 11) is 1.23. The molecule has 1 rings (SSSR count). The molecule has 1 aromatic rings. The molecular weight excluding hydrogens is 200 g/mol. The summed E-state index contributed by atoms with van der Waals surface area (Å²) in [4.78, 5) is 0. The molecule has 0 radical (unpaired) electrons. The smallest absolute Gasteiger partial charge is 0.190 e. The van der Waals surface area contributed by atoms with E-state index < -0.39 is 17.2 Å². The van der Waals surface area contributed by atoms with Crippen molar-refractivity contribution in [1.29, 1.82) is 0 Å². The van der Waals surface area contributed by atoms with Crippen molar-refractivity contribution in [2.24, 2.45) is 5.73 Å². The molecule has 0 saturated carbocycles.